The number of Topliss-reactive ketones (excluding diaryl/α,β-unsaturated/α-hetero) is 1. The molecule has 2 aromatic carbocycles. The predicted octanol–water partition coefficient (Wildman–Crippen LogP) is 4.90. The Morgan fingerprint density at radius 2 is 1.71 bits per heavy atom. The number of aromatic nitrogens is 1. The van der Waals surface area contributed by atoms with Gasteiger partial charge in [0.2, 0.25) is 0 Å². The van der Waals surface area contributed by atoms with E-state index in [9.17, 15) is 23.3 Å². The van der Waals surface area contributed by atoms with Crippen LogP contribution in [0.4, 0.5) is 5.69 Å². The van der Waals surface area contributed by atoms with Crippen molar-refractivity contribution in [3.8, 4) is 0 Å². The van der Waals surface area contributed by atoms with Crippen molar-refractivity contribution in [2.45, 2.75) is 36.3 Å². The monoisotopic (exact) mass is 438 g/mol. The van der Waals surface area contributed by atoms with Crippen LogP contribution in [0.2, 0.25) is 0 Å². The Labute approximate surface area is 180 Å². The quantitative estimate of drug-likeness (QED) is 0.281. The lowest BCUT2D eigenvalue weighted by atomic mass is 10.0. The molecule has 1 aromatic heterocycles. The first-order valence-corrected chi connectivity index (χ1v) is 11.3. The van der Waals surface area contributed by atoms with Gasteiger partial charge in [0.05, 0.1) is 15.1 Å². The number of ketones is 1. The Morgan fingerprint density at radius 1 is 1.00 bits per heavy atom. The third kappa shape index (κ3) is 5.03. The van der Waals surface area contributed by atoms with Crippen molar-refractivity contribution in [3.63, 3.8) is 0 Å². The van der Waals surface area contributed by atoms with E-state index >= 15 is 0 Å². The molecule has 0 bridgehead atoms. The summed E-state index contributed by atoms with van der Waals surface area (Å²) >= 11 is 0. The molecule has 1 heterocycles. The van der Waals surface area contributed by atoms with Gasteiger partial charge in [0.15, 0.2) is 15.6 Å². The third-order valence-corrected chi connectivity index (χ3v) is 7.14. The van der Waals surface area contributed by atoms with Crippen LogP contribution in [0.3, 0.4) is 0 Å². The molecule has 0 unspecified atom stereocenters. The van der Waals surface area contributed by atoms with E-state index in [-0.39, 0.29) is 34.2 Å². The number of rotatable bonds is 8. The number of nitro benzene ring substituents is 1. The zero-order chi connectivity index (χ0) is 22.6. The maximum absolute atomic E-state index is 13.5. The minimum absolute atomic E-state index is 0.0576. The Balaban J connectivity index is 2.07. The molecule has 3 aromatic rings. The third-order valence-electron chi connectivity index (χ3n) is 5.02. The molecular formula is C23H22N2O5S. The topological polar surface area (TPSA) is 107 Å². The summed E-state index contributed by atoms with van der Waals surface area (Å²) in [6.45, 7) is 4.00. The van der Waals surface area contributed by atoms with Crippen molar-refractivity contribution in [1.82, 2.24) is 4.98 Å². The molecular weight excluding hydrogens is 416 g/mol. The first-order valence-electron chi connectivity index (χ1n) is 9.72. The second-order valence-electron chi connectivity index (χ2n) is 7.45. The summed E-state index contributed by atoms with van der Waals surface area (Å²) < 4.78 is 27.0. The fourth-order valence-electron chi connectivity index (χ4n) is 3.25. The minimum atomic E-state index is -4.01. The minimum Gasteiger partial charge on any atom is -0.292 e. The molecule has 0 amide bonds. The van der Waals surface area contributed by atoms with Crippen molar-refractivity contribution < 1.29 is 18.1 Å². The SMILES string of the molecule is CC(C)c1ccc(S(=O)(=O)[C@@H](CC(=O)c2ccccn2)c2cccc([N+](=O)[O-])c2)cc1. The van der Waals surface area contributed by atoms with E-state index in [1.807, 2.05) is 13.8 Å². The zero-order valence-electron chi connectivity index (χ0n) is 17.1. The molecule has 0 spiro atoms. The van der Waals surface area contributed by atoms with E-state index in [0.29, 0.717) is 0 Å². The summed E-state index contributed by atoms with van der Waals surface area (Å²) in [5.74, 6) is -0.227. The predicted molar refractivity (Wildman–Crippen MR) is 117 cm³/mol. The molecule has 0 aliphatic carbocycles. The van der Waals surface area contributed by atoms with Gasteiger partial charge in [0.1, 0.15) is 5.69 Å². The van der Waals surface area contributed by atoms with Gasteiger partial charge in [-0.15, -0.1) is 0 Å². The Morgan fingerprint density at radius 3 is 2.29 bits per heavy atom. The Bertz CT molecular complexity index is 1190. The largest absolute Gasteiger partial charge is 0.292 e. The molecule has 7 nitrogen and oxygen atoms in total. The van der Waals surface area contributed by atoms with Crippen LogP contribution in [0, 0.1) is 10.1 Å². The van der Waals surface area contributed by atoms with Crippen molar-refractivity contribution >= 4 is 21.3 Å². The number of non-ortho nitro benzene ring substituents is 1. The number of benzene rings is 2. The Hall–Kier alpha value is -3.39. The summed E-state index contributed by atoms with van der Waals surface area (Å²) in [5.41, 5.74) is 1.07. The smallest absolute Gasteiger partial charge is 0.269 e. The van der Waals surface area contributed by atoms with E-state index in [0.717, 1.165) is 5.56 Å². The molecule has 0 radical (unpaired) electrons. The average molecular weight is 439 g/mol. The number of nitrogens with zero attached hydrogens (tertiary/aromatic N) is 2. The van der Waals surface area contributed by atoms with Crippen LogP contribution >= 0.6 is 0 Å². The fraction of sp³-hybridized carbons (Fsp3) is 0.217. The molecule has 1 atom stereocenters. The molecule has 160 valence electrons. The van der Waals surface area contributed by atoms with Crippen molar-refractivity contribution in [1.29, 1.82) is 0 Å². The highest BCUT2D eigenvalue weighted by Crippen LogP contribution is 2.35. The van der Waals surface area contributed by atoms with Crippen LogP contribution in [-0.4, -0.2) is 24.1 Å². The van der Waals surface area contributed by atoms with Crippen molar-refractivity contribution in [3.05, 3.63) is 99.9 Å². The number of carbonyl (C=O) groups is 1. The van der Waals surface area contributed by atoms with Crippen LogP contribution in [-0.2, 0) is 9.84 Å². The molecule has 0 aliphatic rings. The van der Waals surface area contributed by atoms with E-state index in [4.69, 9.17) is 0 Å². The molecule has 8 heteroatoms. The van der Waals surface area contributed by atoms with E-state index in [1.54, 1.807) is 24.3 Å². The van der Waals surface area contributed by atoms with Crippen LogP contribution in [0.5, 0.6) is 0 Å². The molecule has 3 rings (SSSR count). The van der Waals surface area contributed by atoms with E-state index in [1.165, 1.54) is 48.7 Å². The average Bonchev–Trinajstić information content (AvgIpc) is 2.77. The van der Waals surface area contributed by atoms with Gasteiger partial charge < -0.3 is 0 Å². The first-order chi connectivity index (χ1) is 14.7. The normalized spacial score (nSPS) is 12.5. The van der Waals surface area contributed by atoms with Gasteiger partial charge in [-0.3, -0.25) is 19.9 Å². The number of pyridine rings is 1. The molecule has 0 aliphatic heterocycles. The van der Waals surface area contributed by atoms with Gasteiger partial charge in [-0.1, -0.05) is 44.2 Å². The maximum Gasteiger partial charge on any atom is 0.269 e. The maximum atomic E-state index is 13.5. The van der Waals surface area contributed by atoms with Crippen molar-refractivity contribution in [2.75, 3.05) is 0 Å². The van der Waals surface area contributed by atoms with Gasteiger partial charge in [-0.05, 0) is 41.3 Å². The number of nitro groups is 1. The zero-order valence-corrected chi connectivity index (χ0v) is 18.0. The molecule has 31 heavy (non-hydrogen) atoms. The molecule has 0 fully saturated rings. The summed E-state index contributed by atoms with van der Waals surface area (Å²) in [6.07, 6.45) is 1.07. The highest BCUT2D eigenvalue weighted by atomic mass is 32.2. The van der Waals surface area contributed by atoms with Crippen LogP contribution in [0.25, 0.3) is 0 Å². The molecule has 0 saturated heterocycles. The van der Waals surface area contributed by atoms with E-state index < -0.39 is 25.8 Å². The van der Waals surface area contributed by atoms with Crippen LogP contribution in [0.15, 0.2) is 77.8 Å². The highest BCUT2D eigenvalue weighted by Gasteiger charge is 2.33. The second-order valence-corrected chi connectivity index (χ2v) is 9.58. The van der Waals surface area contributed by atoms with Gasteiger partial charge >= 0.3 is 0 Å². The fourth-order valence-corrected chi connectivity index (χ4v) is 4.97. The van der Waals surface area contributed by atoms with Gasteiger partial charge in [0.25, 0.3) is 5.69 Å². The van der Waals surface area contributed by atoms with Gasteiger partial charge in [-0.25, -0.2) is 8.42 Å². The van der Waals surface area contributed by atoms with Crippen molar-refractivity contribution in [2.24, 2.45) is 0 Å². The summed E-state index contributed by atoms with van der Waals surface area (Å²) in [4.78, 5) is 27.5. The lowest BCUT2D eigenvalue weighted by Crippen LogP contribution is -2.18. The Kier molecular flexibility index (Phi) is 6.60. The number of hydrogen-bond acceptors (Lipinski definition) is 6. The van der Waals surface area contributed by atoms with Gasteiger partial charge in [0, 0.05) is 24.8 Å². The second kappa shape index (κ2) is 9.18. The van der Waals surface area contributed by atoms with Gasteiger partial charge in [-0.2, -0.15) is 0 Å². The number of carbonyl (C=O) groups excluding carboxylic acids is 1. The van der Waals surface area contributed by atoms with E-state index in [2.05, 4.69) is 4.98 Å². The number of sulfone groups is 1. The summed E-state index contributed by atoms with van der Waals surface area (Å²) in [6, 6.07) is 16.7. The lowest BCUT2D eigenvalue weighted by Gasteiger charge is -2.18. The highest BCUT2D eigenvalue weighted by molar-refractivity contribution is 7.91. The first kappa shape index (κ1) is 22.3. The lowest BCUT2D eigenvalue weighted by molar-refractivity contribution is -0.384. The van der Waals surface area contributed by atoms with Crippen LogP contribution < -0.4 is 0 Å². The summed E-state index contributed by atoms with van der Waals surface area (Å²) in [5, 5.41) is 9.93. The summed E-state index contributed by atoms with van der Waals surface area (Å²) in [7, 11) is -4.01. The van der Waals surface area contributed by atoms with Crippen LogP contribution in [0.1, 0.15) is 53.1 Å². The standard InChI is InChI=1S/C23H22N2O5S/c1-16(2)17-9-11-20(12-10-17)31(29,30)23(15-22(26)21-8-3-4-13-24-21)18-6-5-7-19(14-18)25(27)28/h3-14,16,23H,15H2,1-2H3/t23-/m0/s1. The molecule has 0 saturated carbocycles. The number of hydrogen-bond donors (Lipinski definition) is 0. The molecule has 0 N–H and O–H groups in total.